The number of hydrogen-bond acceptors (Lipinski definition) is 8. The molecule has 0 amide bonds. The number of aliphatic hydroxyl groups excluding tert-OH is 1. The SMILES string of the molecule is COc1ccc(CN(CCN2CCOCC2)C[C@@H](O)COCc2ccco2)cc1OC. The summed E-state index contributed by atoms with van der Waals surface area (Å²) in [4.78, 5) is 4.64. The van der Waals surface area contributed by atoms with Crippen LogP contribution in [-0.4, -0.2) is 87.8 Å². The maximum Gasteiger partial charge on any atom is 0.161 e. The second-order valence-corrected chi connectivity index (χ2v) is 7.63. The van der Waals surface area contributed by atoms with Gasteiger partial charge in [-0.05, 0) is 29.8 Å². The maximum atomic E-state index is 10.6. The zero-order valence-electron chi connectivity index (χ0n) is 18.5. The largest absolute Gasteiger partial charge is 0.493 e. The molecule has 172 valence electrons. The fraction of sp³-hybridized carbons (Fsp3) is 0.565. The number of benzene rings is 1. The van der Waals surface area contributed by atoms with E-state index in [1.54, 1.807) is 20.5 Å². The number of rotatable bonds is 13. The average molecular weight is 435 g/mol. The third kappa shape index (κ3) is 7.83. The molecule has 0 saturated carbocycles. The molecule has 1 N–H and O–H groups in total. The molecule has 8 nitrogen and oxygen atoms in total. The summed E-state index contributed by atoms with van der Waals surface area (Å²) in [7, 11) is 3.27. The third-order valence-electron chi connectivity index (χ3n) is 5.29. The molecule has 0 radical (unpaired) electrons. The lowest BCUT2D eigenvalue weighted by Gasteiger charge is -2.31. The first-order valence-electron chi connectivity index (χ1n) is 10.7. The van der Waals surface area contributed by atoms with E-state index < -0.39 is 6.10 Å². The summed E-state index contributed by atoms with van der Waals surface area (Å²) in [6.07, 6.45) is 1.02. The van der Waals surface area contributed by atoms with Crippen molar-refractivity contribution in [3.8, 4) is 11.5 Å². The topological polar surface area (TPSA) is 76.8 Å². The number of furan rings is 1. The molecule has 1 aliphatic rings. The number of aliphatic hydroxyl groups is 1. The highest BCUT2D eigenvalue weighted by Gasteiger charge is 2.17. The van der Waals surface area contributed by atoms with Gasteiger partial charge in [0.15, 0.2) is 11.5 Å². The minimum absolute atomic E-state index is 0.251. The van der Waals surface area contributed by atoms with Gasteiger partial charge in [-0.2, -0.15) is 0 Å². The first-order chi connectivity index (χ1) is 15.2. The second-order valence-electron chi connectivity index (χ2n) is 7.63. The summed E-state index contributed by atoms with van der Waals surface area (Å²) < 4.78 is 27.1. The standard InChI is InChI=1S/C23H34N2O6/c1-27-22-6-5-19(14-23(22)28-2)15-25(8-7-24-9-12-29-13-10-24)16-20(26)17-30-18-21-4-3-11-31-21/h3-6,11,14,20,26H,7-10,12-13,15-18H2,1-2H3/t20-/m1/s1. The average Bonchev–Trinajstić information content (AvgIpc) is 3.31. The van der Waals surface area contributed by atoms with E-state index in [0.29, 0.717) is 31.2 Å². The van der Waals surface area contributed by atoms with Crippen molar-refractivity contribution in [3.05, 3.63) is 47.9 Å². The van der Waals surface area contributed by atoms with Crippen molar-refractivity contribution in [1.29, 1.82) is 0 Å². The van der Waals surface area contributed by atoms with E-state index in [9.17, 15) is 5.11 Å². The van der Waals surface area contributed by atoms with E-state index in [2.05, 4.69) is 9.80 Å². The Bertz CT molecular complexity index is 749. The van der Waals surface area contributed by atoms with Crippen LogP contribution in [0.15, 0.2) is 41.0 Å². The van der Waals surface area contributed by atoms with Crippen molar-refractivity contribution < 1.29 is 28.5 Å². The predicted octanol–water partition coefficient (Wildman–Crippen LogP) is 2.01. The first-order valence-corrected chi connectivity index (χ1v) is 10.7. The van der Waals surface area contributed by atoms with Crippen LogP contribution in [0.1, 0.15) is 11.3 Å². The highest BCUT2D eigenvalue weighted by atomic mass is 16.5. The molecule has 2 heterocycles. The van der Waals surface area contributed by atoms with E-state index >= 15 is 0 Å². The number of methoxy groups -OCH3 is 2. The van der Waals surface area contributed by atoms with Crippen molar-refractivity contribution in [2.45, 2.75) is 19.3 Å². The number of hydrogen-bond donors (Lipinski definition) is 1. The van der Waals surface area contributed by atoms with Gasteiger partial charge in [-0.3, -0.25) is 9.80 Å². The highest BCUT2D eigenvalue weighted by Crippen LogP contribution is 2.28. The van der Waals surface area contributed by atoms with Gasteiger partial charge >= 0.3 is 0 Å². The van der Waals surface area contributed by atoms with Gasteiger partial charge in [0, 0.05) is 39.3 Å². The predicted molar refractivity (Wildman–Crippen MR) is 116 cm³/mol. The van der Waals surface area contributed by atoms with E-state index in [1.807, 2.05) is 30.3 Å². The minimum atomic E-state index is -0.597. The van der Waals surface area contributed by atoms with Gasteiger partial charge in [0.1, 0.15) is 12.4 Å². The van der Waals surface area contributed by atoms with Crippen LogP contribution < -0.4 is 9.47 Å². The van der Waals surface area contributed by atoms with Gasteiger partial charge in [0.25, 0.3) is 0 Å². The molecule has 1 aromatic heterocycles. The fourth-order valence-electron chi connectivity index (χ4n) is 3.62. The summed E-state index contributed by atoms with van der Waals surface area (Å²) in [5, 5.41) is 10.6. The Morgan fingerprint density at radius 3 is 2.65 bits per heavy atom. The lowest BCUT2D eigenvalue weighted by atomic mass is 10.1. The van der Waals surface area contributed by atoms with E-state index in [4.69, 9.17) is 23.4 Å². The molecule has 1 saturated heterocycles. The number of morpholine rings is 1. The van der Waals surface area contributed by atoms with Crippen molar-refractivity contribution in [2.24, 2.45) is 0 Å². The Hall–Kier alpha value is -2.10. The van der Waals surface area contributed by atoms with Crippen molar-refractivity contribution in [2.75, 3.05) is 66.8 Å². The lowest BCUT2D eigenvalue weighted by Crippen LogP contribution is -2.43. The van der Waals surface area contributed by atoms with Crippen molar-refractivity contribution in [3.63, 3.8) is 0 Å². The summed E-state index contributed by atoms with van der Waals surface area (Å²) in [6.45, 7) is 7.01. The summed E-state index contributed by atoms with van der Waals surface area (Å²) in [6, 6.07) is 9.62. The zero-order valence-corrected chi connectivity index (χ0v) is 18.5. The molecular weight excluding hydrogens is 400 g/mol. The molecule has 31 heavy (non-hydrogen) atoms. The zero-order chi connectivity index (χ0) is 21.9. The normalized spacial score (nSPS) is 15.9. The van der Waals surface area contributed by atoms with Crippen LogP contribution in [0.25, 0.3) is 0 Å². The molecule has 1 aliphatic heterocycles. The van der Waals surface area contributed by atoms with Crippen LogP contribution in [0.3, 0.4) is 0 Å². The Labute approximate surface area is 184 Å². The van der Waals surface area contributed by atoms with Gasteiger partial charge in [-0.15, -0.1) is 0 Å². The van der Waals surface area contributed by atoms with Gasteiger partial charge in [0.2, 0.25) is 0 Å². The van der Waals surface area contributed by atoms with Gasteiger partial charge in [0.05, 0.1) is 46.4 Å². The van der Waals surface area contributed by atoms with Gasteiger partial charge < -0.3 is 28.5 Å². The molecule has 1 fully saturated rings. The molecule has 3 rings (SSSR count). The van der Waals surface area contributed by atoms with E-state index in [0.717, 1.165) is 50.7 Å². The van der Waals surface area contributed by atoms with Crippen LogP contribution in [-0.2, 0) is 22.6 Å². The molecule has 0 bridgehead atoms. The third-order valence-corrected chi connectivity index (χ3v) is 5.29. The Morgan fingerprint density at radius 2 is 1.94 bits per heavy atom. The van der Waals surface area contributed by atoms with E-state index in [-0.39, 0.29) is 6.61 Å². The van der Waals surface area contributed by atoms with Crippen LogP contribution in [0.5, 0.6) is 11.5 Å². The summed E-state index contributed by atoms with van der Waals surface area (Å²) >= 11 is 0. The summed E-state index contributed by atoms with van der Waals surface area (Å²) in [5.74, 6) is 2.16. The molecule has 0 spiro atoms. The minimum Gasteiger partial charge on any atom is -0.493 e. The van der Waals surface area contributed by atoms with Crippen molar-refractivity contribution in [1.82, 2.24) is 9.80 Å². The Kier molecular flexibility index (Phi) is 9.64. The Morgan fingerprint density at radius 1 is 1.13 bits per heavy atom. The molecule has 0 unspecified atom stereocenters. The fourth-order valence-corrected chi connectivity index (χ4v) is 3.62. The maximum absolute atomic E-state index is 10.6. The van der Waals surface area contributed by atoms with Gasteiger partial charge in [-0.25, -0.2) is 0 Å². The molecule has 1 atom stereocenters. The second kappa shape index (κ2) is 12.7. The van der Waals surface area contributed by atoms with Gasteiger partial charge in [-0.1, -0.05) is 6.07 Å². The van der Waals surface area contributed by atoms with Crippen LogP contribution in [0.4, 0.5) is 0 Å². The molecule has 1 aromatic carbocycles. The Balaban J connectivity index is 1.56. The highest BCUT2D eigenvalue weighted by molar-refractivity contribution is 5.42. The van der Waals surface area contributed by atoms with E-state index in [1.165, 1.54) is 0 Å². The van der Waals surface area contributed by atoms with Crippen LogP contribution in [0, 0.1) is 0 Å². The molecule has 2 aromatic rings. The quantitative estimate of drug-likeness (QED) is 0.513. The molecule has 0 aliphatic carbocycles. The first kappa shape index (κ1) is 23.6. The van der Waals surface area contributed by atoms with Crippen molar-refractivity contribution >= 4 is 0 Å². The lowest BCUT2D eigenvalue weighted by molar-refractivity contribution is -0.00153. The summed E-state index contributed by atoms with van der Waals surface area (Å²) in [5.41, 5.74) is 1.10. The van der Waals surface area contributed by atoms with Crippen LogP contribution >= 0.6 is 0 Å². The van der Waals surface area contributed by atoms with Crippen LogP contribution in [0.2, 0.25) is 0 Å². The molecular formula is C23H34N2O6. The number of nitrogens with zero attached hydrogens (tertiary/aromatic N) is 2. The molecule has 8 heteroatoms. The monoisotopic (exact) mass is 434 g/mol. The smallest absolute Gasteiger partial charge is 0.161 e. The number of ether oxygens (including phenoxy) is 4.